The number of hydrogen-bond acceptors (Lipinski definition) is 5. The van der Waals surface area contributed by atoms with E-state index in [-0.39, 0.29) is 11.9 Å². The zero-order chi connectivity index (χ0) is 19.2. The van der Waals surface area contributed by atoms with Crippen molar-refractivity contribution in [3.63, 3.8) is 0 Å². The average Bonchev–Trinajstić information content (AvgIpc) is 3.06. The van der Waals surface area contributed by atoms with E-state index in [9.17, 15) is 4.79 Å². The lowest BCUT2D eigenvalue weighted by Gasteiger charge is -2.31. The van der Waals surface area contributed by atoms with Crippen LogP contribution in [0.15, 0.2) is 18.3 Å². The molecule has 0 radical (unpaired) electrons. The third-order valence-corrected chi connectivity index (χ3v) is 5.41. The Hall–Kier alpha value is -1.99. The molecule has 0 bridgehead atoms. The van der Waals surface area contributed by atoms with Crippen molar-refractivity contribution < 1.29 is 9.53 Å². The van der Waals surface area contributed by atoms with Gasteiger partial charge in [0.05, 0.1) is 12.6 Å². The minimum Gasteiger partial charge on any atom is -0.383 e. The second-order valence-corrected chi connectivity index (χ2v) is 7.39. The summed E-state index contributed by atoms with van der Waals surface area (Å²) in [7, 11) is 3.65. The van der Waals surface area contributed by atoms with E-state index in [0.29, 0.717) is 19.1 Å². The van der Waals surface area contributed by atoms with E-state index in [1.165, 1.54) is 0 Å². The summed E-state index contributed by atoms with van der Waals surface area (Å²) in [6, 6.07) is 4.41. The Kier molecular flexibility index (Phi) is 6.79. The molecule has 1 aliphatic rings. The number of methoxy groups -OCH3 is 1. The Morgan fingerprint density at radius 2 is 2.22 bits per heavy atom. The van der Waals surface area contributed by atoms with E-state index in [0.717, 1.165) is 55.8 Å². The number of piperidine rings is 1. The lowest BCUT2D eigenvalue weighted by atomic mass is 10.0. The number of imidazole rings is 1. The molecule has 3 heterocycles. The summed E-state index contributed by atoms with van der Waals surface area (Å²) < 4.78 is 7.48. The van der Waals surface area contributed by atoms with Crippen LogP contribution in [-0.4, -0.2) is 65.2 Å². The summed E-state index contributed by atoms with van der Waals surface area (Å²) in [6.45, 7) is 4.71. The maximum Gasteiger partial charge on any atom is 0.222 e. The molecule has 1 N–H and O–H groups in total. The molecule has 0 aliphatic carbocycles. The van der Waals surface area contributed by atoms with Crippen LogP contribution in [-0.2, 0) is 16.0 Å². The largest absolute Gasteiger partial charge is 0.383 e. The second kappa shape index (κ2) is 9.28. The molecule has 148 valence electrons. The van der Waals surface area contributed by atoms with Gasteiger partial charge in [-0.3, -0.25) is 4.79 Å². The first-order valence-corrected chi connectivity index (χ1v) is 9.89. The van der Waals surface area contributed by atoms with Crippen LogP contribution in [0.4, 0.5) is 0 Å². The molecule has 7 heteroatoms. The van der Waals surface area contributed by atoms with Gasteiger partial charge in [-0.25, -0.2) is 9.97 Å². The van der Waals surface area contributed by atoms with Crippen LogP contribution in [0.25, 0.3) is 11.2 Å². The molecule has 1 aliphatic heterocycles. The highest BCUT2D eigenvalue weighted by molar-refractivity contribution is 5.76. The number of nitrogens with zero attached hydrogens (tertiary/aromatic N) is 4. The average molecular weight is 374 g/mol. The van der Waals surface area contributed by atoms with Gasteiger partial charge in [-0.1, -0.05) is 0 Å². The van der Waals surface area contributed by atoms with Gasteiger partial charge in [-0.2, -0.15) is 0 Å². The van der Waals surface area contributed by atoms with Gasteiger partial charge < -0.3 is 19.5 Å². The van der Waals surface area contributed by atoms with Crippen molar-refractivity contribution in [3.05, 3.63) is 24.2 Å². The van der Waals surface area contributed by atoms with Gasteiger partial charge >= 0.3 is 0 Å². The predicted octanol–water partition coefficient (Wildman–Crippen LogP) is 2.17. The predicted molar refractivity (Wildman–Crippen MR) is 106 cm³/mol. The molecule has 1 fully saturated rings. The summed E-state index contributed by atoms with van der Waals surface area (Å²) in [6.07, 6.45) is 5.97. The quantitative estimate of drug-likeness (QED) is 0.768. The van der Waals surface area contributed by atoms with Crippen molar-refractivity contribution in [2.75, 3.05) is 33.9 Å². The second-order valence-electron chi connectivity index (χ2n) is 7.39. The Morgan fingerprint density at radius 3 is 2.96 bits per heavy atom. The summed E-state index contributed by atoms with van der Waals surface area (Å²) in [5.74, 6) is 1.21. The molecule has 1 unspecified atom stereocenters. The number of aromatic nitrogens is 3. The number of ether oxygens (including phenoxy) is 1. The fraction of sp³-hybridized carbons (Fsp3) is 0.650. The Morgan fingerprint density at radius 1 is 1.44 bits per heavy atom. The van der Waals surface area contributed by atoms with Crippen molar-refractivity contribution in [2.24, 2.45) is 0 Å². The zero-order valence-corrected chi connectivity index (χ0v) is 16.6. The van der Waals surface area contributed by atoms with E-state index in [4.69, 9.17) is 9.72 Å². The first-order valence-electron chi connectivity index (χ1n) is 9.89. The molecule has 1 atom stereocenters. The fourth-order valence-electron chi connectivity index (χ4n) is 3.90. The van der Waals surface area contributed by atoms with Gasteiger partial charge in [0, 0.05) is 39.2 Å². The number of rotatable bonds is 8. The maximum atomic E-state index is 12.6. The minimum atomic E-state index is 0.151. The van der Waals surface area contributed by atoms with Crippen LogP contribution in [0.5, 0.6) is 0 Å². The van der Waals surface area contributed by atoms with Gasteiger partial charge in [0.1, 0.15) is 11.3 Å². The number of aryl methyl sites for hydroxylation is 1. The zero-order valence-electron chi connectivity index (χ0n) is 16.6. The normalized spacial score (nSPS) is 16.6. The van der Waals surface area contributed by atoms with E-state index in [1.807, 2.05) is 24.1 Å². The van der Waals surface area contributed by atoms with Crippen LogP contribution >= 0.6 is 0 Å². The molecule has 1 amide bonds. The van der Waals surface area contributed by atoms with Crippen LogP contribution in [0.3, 0.4) is 0 Å². The van der Waals surface area contributed by atoms with Crippen molar-refractivity contribution >= 4 is 17.1 Å². The summed E-state index contributed by atoms with van der Waals surface area (Å²) in [4.78, 5) is 23.8. The molecule has 0 spiro atoms. The SMILES string of the molecule is COCC(C)n1c(CCCC(=O)N(C)C2CCNCC2)nc2cccnc21. The molecule has 2 aromatic heterocycles. The monoisotopic (exact) mass is 373 g/mol. The molecule has 27 heavy (non-hydrogen) atoms. The molecule has 3 rings (SSSR count). The van der Waals surface area contributed by atoms with Crippen LogP contribution in [0.2, 0.25) is 0 Å². The van der Waals surface area contributed by atoms with Crippen molar-refractivity contribution in [3.8, 4) is 0 Å². The highest BCUT2D eigenvalue weighted by Crippen LogP contribution is 2.21. The smallest absolute Gasteiger partial charge is 0.222 e. The molecule has 0 saturated carbocycles. The van der Waals surface area contributed by atoms with Gasteiger partial charge in [0.2, 0.25) is 5.91 Å². The molecular formula is C20H31N5O2. The van der Waals surface area contributed by atoms with E-state index in [1.54, 1.807) is 13.3 Å². The lowest BCUT2D eigenvalue weighted by molar-refractivity contribution is -0.132. The third kappa shape index (κ3) is 4.65. The van der Waals surface area contributed by atoms with Crippen LogP contribution < -0.4 is 5.32 Å². The Balaban J connectivity index is 1.64. The maximum absolute atomic E-state index is 12.6. The number of fused-ring (bicyclic) bond motifs is 1. The summed E-state index contributed by atoms with van der Waals surface area (Å²) in [5.41, 5.74) is 1.78. The van der Waals surface area contributed by atoms with Gasteiger partial charge in [-0.15, -0.1) is 0 Å². The molecule has 7 nitrogen and oxygen atoms in total. The first-order chi connectivity index (χ1) is 13.1. The first kappa shape index (κ1) is 19.8. The van der Waals surface area contributed by atoms with Gasteiger partial charge in [-0.05, 0) is 51.4 Å². The highest BCUT2D eigenvalue weighted by Gasteiger charge is 2.22. The number of pyridine rings is 1. The third-order valence-electron chi connectivity index (χ3n) is 5.41. The topological polar surface area (TPSA) is 72.3 Å². The van der Waals surface area contributed by atoms with Gasteiger partial charge in [0.25, 0.3) is 0 Å². The fourth-order valence-corrected chi connectivity index (χ4v) is 3.90. The number of nitrogens with one attached hydrogen (secondary N) is 1. The Bertz CT molecular complexity index is 754. The summed E-state index contributed by atoms with van der Waals surface area (Å²) in [5, 5.41) is 3.35. The summed E-state index contributed by atoms with van der Waals surface area (Å²) >= 11 is 0. The van der Waals surface area contributed by atoms with E-state index < -0.39 is 0 Å². The Labute approximate surface area is 161 Å². The molecule has 0 aromatic carbocycles. The standard InChI is InChI=1S/C20H31N5O2/c1-15(14-27-3)25-18(23-17-6-5-11-22-20(17)25)7-4-8-19(26)24(2)16-9-12-21-13-10-16/h5-6,11,15-16,21H,4,7-10,12-14H2,1-3H3. The number of carbonyl (C=O) groups is 1. The lowest BCUT2D eigenvalue weighted by Crippen LogP contribution is -2.43. The van der Waals surface area contributed by atoms with E-state index >= 15 is 0 Å². The van der Waals surface area contributed by atoms with Crippen LogP contribution in [0, 0.1) is 0 Å². The van der Waals surface area contributed by atoms with Crippen LogP contribution in [0.1, 0.15) is 44.5 Å². The molecule has 2 aromatic rings. The highest BCUT2D eigenvalue weighted by atomic mass is 16.5. The van der Waals surface area contributed by atoms with Crippen molar-refractivity contribution in [2.45, 2.75) is 51.1 Å². The molecular weight excluding hydrogens is 342 g/mol. The van der Waals surface area contributed by atoms with Gasteiger partial charge in [0.15, 0.2) is 5.65 Å². The van der Waals surface area contributed by atoms with E-state index in [2.05, 4.69) is 21.8 Å². The minimum absolute atomic E-state index is 0.151. The number of hydrogen-bond donors (Lipinski definition) is 1. The number of amides is 1. The molecule has 1 saturated heterocycles. The number of carbonyl (C=O) groups excluding carboxylic acids is 1. The van der Waals surface area contributed by atoms with Crippen molar-refractivity contribution in [1.82, 2.24) is 24.8 Å². The van der Waals surface area contributed by atoms with Crippen molar-refractivity contribution in [1.29, 1.82) is 0 Å².